The Balaban J connectivity index is 2.21. The summed E-state index contributed by atoms with van der Waals surface area (Å²) in [6.07, 6.45) is 7.88. The van der Waals surface area contributed by atoms with Crippen molar-refractivity contribution in [2.24, 2.45) is 5.92 Å². The summed E-state index contributed by atoms with van der Waals surface area (Å²) in [7, 11) is 0. The second-order valence-corrected chi connectivity index (χ2v) is 6.81. The molecule has 2 fully saturated rings. The average molecular weight is 294 g/mol. The molecule has 1 saturated carbocycles. The minimum absolute atomic E-state index is 0.0716. The van der Waals surface area contributed by atoms with Crippen molar-refractivity contribution in [3.63, 3.8) is 0 Å². The van der Waals surface area contributed by atoms with E-state index in [9.17, 15) is 9.59 Å². The van der Waals surface area contributed by atoms with Gasteiger partial charge in [-0.15, -0.1) is 0 Å². The number of piperazine rings is 1. The number of hydrogen-bond donors (Lipinski definition) is 1. The largest absolute Gasteiger partial charge is 0.340 e. The SMILES string of the molecule is CCCCCN1C(=O)C2(CCCC2)NC(=O)C1C(C)CC. The third kappa shape index (κ3) is 3.09. The van der Waals surface area contributed by atoms with E-state index in [0.717, 1.165) is 57.9 Å². The van der Waals surface area contributed by atoms with Crippen LogP contribution in [0.3, 0.4) is 0 Å². The lowest BCUT2D eigenvalue weighted by Crippen LogP contribution is -2.70. The molecule has 1 aliphatic heterocycles. The van der Waals surface area contributed by atoms with Gasteiger partial charge in [0.2, 0.25) is 11.8 Å². The zero-order chi connectivity index (χ0) is 15.5. The molecule has 0 aromatic rings. The first-order valence-electron chi connectivity index (χ1n) is 8.69. The van der Waals surface area contributed by atoms with Crippen LogP contribution in [-0.2, 0) is 9.59 Å². The number of nitrogens with one attached hydrogen (secondary N) is 1. The predicted molar refractivity (Wildman–Crippen MR) is 83.8 cm³/mol. The number of unbranched alkanes of at least 4 members (excludes halogenated alkanes) is 2. The van der Waals surface area contributed by atoms with Crippen molar-refractivity contribution in [2.45, 2.75) is 83.7 Å². The van der Waals surface area contributed by atoms with Crippen molar-refractivity contribution in [3.05, 3.63) is 0 Å². The fraction of sp³-hybridized carbons (Fsp3) is 0.882. The second kappa shape index (κ2) is 6.80. The van der Waals surface area contributed by atoms with Crippen LogP contribution in [0.25, 0.3) is 0 Å². The monoisotopic (exact) mass is 294 g/mol. The third-order valence-electron chi connectivity index (χ3n) is 5.28. The Labute approximate surface area is 128 Å². The Kier molecular flexibility index (Phi) is 5.28. The summed E-state index contributed by atoms with van der Waals surface area (Å²) in [5.41, 5.74) is -0.576. The summed E-state index contributed by atoms with van der Waals surface area (Å²) in [5, 5.41) is 3.10. The molecule has 1 aliphatic carbocycles. The number of rotatable bonds is 6. The molecule has 1 heterocycles. The van der Waals surface area contributed by atoms with Gasteiger partial charge in [0.1, 0.15) is 11.6 Å². The fourth-order valence-corrected chi connectivity index (χ4v) is 3.79. The van der Waals surface area contributed by atoms with Crippen molar-refractivity contribution >= 4 is 11.8 Å². The highest BCUT2D eigenvalue weighted by Gasteiger charge is 2.52. The molecular weight excluding hydrogens is 264 g/mol. The number of carbonyl (C=O) groups excluding carboxylic acids is 2. The van der Waals surface area contributed by atoms with Crippen LogP contribution in [0.5, 0.6) is 0 Å². The highest BCUT2D eigenvalue weighted by atomic mass is 16.2. The molecule has 1 saturated heterocycles. The van der Waals surface area contributed by atoms with Crippen LogP contribution in [0.15, 0.2) is 0 Å². The molecule has 1 N–H and O–H groups in total. The van der Waals surface area contributed by atoms with E-state index in [-0.39, 0.29) is 23.8 Å². The van der Waals surface area contributed by atoms with Gasteiger partial charge in [-0.3, -0.25) is 9.59 Å². The minimum atomic E-state index is -0.576. The fourth-order valence-electron chi connectivity index (χ4n) is 3.79. The smallest absolute Gasteiger partial charge is 0.249 e. The van der Waals surface area contributed by atoms with Crippen molar-refractivity contribution in [3.8, 4) is 0 Å². The normalized spacial score (nSPS) is 26.2. The Morgan fingerprint density at radius 2 is 1.90 bits per heavy atom. The van der Waals surface area contributed by atoms with Gasteiger partial charge in [0, 0.05) is 6.54 Å². The summed E-state index contributed by atoms with van der Waals surface area (Å²) in [4.78, 5) is 27.6. The van der Waals surface area contributed by atoms with E-state index in [2.05, 4.69) is 26.1 Å². The third-order valence-corrected chi connectivity index (χ3v) is 5.28. The quantitative estimate of drug-likeness (QED) is 0.766. The van der Waals surface area contributed by atoms with Gasteiger partial charge in [0.25, 0.3) is 0 Å². The van der Waals surface area contributed by atoms with Crippen LogP contribution in [-0.4, -0.2) is 34.8 Å². The van der Waals surface area contributed by atoms with E-state index in [4.69, 9.17) is 0 Å². The number of carbonyl (C=O) groups is 2. The topological polar surface area (TPSA) is 49.4 Å². The molecule has 21 heavy (non-hydrogen) atoms. The first kappa shape index (κ1) is 16.3. The molecule has 0 aromatic heterocycles. The summed E-state index contributed by atoms with van der Waals surface area (Å²) < 4.78 is 0. The summed E-state index contributed by atoms with van der Waals surface area (Å²) in [6, 6.07) is -0.273. The molecule has 2 unspecified atom stereocenters. The standard InChI is InChI=1S/C17H30N2O2/c1-4-6-9-12-19-14(13(3)5-2)15(20)18-17(16(19)21)10-7-8-11-17/h13-14H,4-12H2,1-3H3,(H,18,20). The van der Waals surface area contributed by atoms with E-state index in [1.165, 1.54) is 0 Å². The van der Waals surface area contributed by atoms with Crippen LogP contribution in [0.2, 0.25) is 0 Å². The van der Waals surface area contributed by atoms with E-state index >= 15 is 0 Å². The summed E-state index contributed by atoms with van der Waals surface area (Å²) in [6.45, 7) is 7.07. The summed E-state index contributed by atoms with van der Waals surface area (Å²) >= 11 is 0. The van der Waals surface area contributed by atoms with E-state index < -0.39 is 5.54 Å². The van der Waals surface area contributed by atoms with Gasteiger partial charge in [-0.05, 0) is 25.2 Å². The first-order chi connectivity index (χ1) is 10.1. The second-order valence-electron chi connectivity index (χ2n) is 6.81. The lowest BCUT2D eigenvalue weighted by molar-refractivity contribution is -0.157. The highest BCUT2D eigenvalue weighted by molar-refractivity contribution is 6.00. The molecule has 120 valence electrons. The Hall–Kier alpha value is -1.06. The lowest BCUT2D eigenvalue weighted by atomic mass is 9.86. The maximum absolute atomic E-state index is 13.0. The van der Waals surface area contributed by atoms with Gasteiger partial charge in [0.05, 0.1) is 0 Å². The van der Waals surface area contributed by atoms with Gasteiger partial charge in [-0.2, -0.15) is 0 Å². The van der Waals surface area contributed by atoms with Crippen molar-refractivity contribution in [1.29, 1.82) is 0 Å². The van der Waals surface area contributed by atoms with Gasteiger partial charge in [-0.1, -0.05) is 52.9 Å². The van der Waals surface area contributed by atoms with Crippen molar-refractivity contribution in [2.75, 3.05) is 6.54 Å². The average Bonchev–Trinajstić information content (AvgIpc) is 2.93. The molecule has 0 bridgehead atoms. The molecule has 2 atom stereocenters. The van der Waals surface area contributed by atoms with Crippen molar-refractivity contribution in [1.82, 2.24) is 10.2 Å². The first-order valence-corrected chi connectivity index (χ1v) is 8.69. The molecule has 2 rings (SSSR count). The zero-order valence-corrected chi connectivity index (χ0v) is 13.8. The maximum atomic E-state index is 13.0. The molecule has 0 aromatic carbocycles. The Bertz CT molecular complexity index is 388. The van der Waals surface area contributed by atoms with Crippen LogP contribution in [0, 0.1) is 5.92 Å². The molecule has 2 amide bonds. The summed E-state index contributed by atoms with van der Waals surface area (Å²) in [5.74, 6) is 0.470. The van der Waals surface area contributed by atoms with Gasteiger partial charge < -0.3 is 10.2 Å². The Morgan fingerprint density at radius 1 is 1.24 bits per heavy atom. The number of hydrogen-bond acceptors (Lipinski definition) is 2. The molecule has 4 nitrogen and oxygen atoms in total. The molecule has 4 heteroatoms. The Morgan fingerprint density at radius 3 is 2.48 bits per heavy atom. The molecule has 0 radical (unpaired) electrons. The molecule has 1 spiro atoms. The zero-order valence-electron chi connectivity index (χ0n) is 13.8. The van der Waals surface area contributed by atoms with Gasteiger partial charge in [0.15, 0.2) is 0 Å². The van der Waals surface area contributed by atoms with E-state index in [0.29, 0.717) is 0 Å². The van der Waals surface area contributed by atoms with E-state index in [1.54, 1.807) is 0 Å². The molecule has 2 aliphatic rings. The molecular formula is C17H30N2O2. The van der Waals surface area contributed by atoms with Gasteiger partial charge >= 0.3 is 0 Å². The number of amides is 2. The van der Waals surface area contributed by atoms with Crippen LogP contribution >= 0.6 is 0 Å². The van der Waals surface area contributed by atoms with E-state index in [1.807, 2.05) is 4.90 Å². The number of nitrogens with zero attached hydrogens (tertiary/aromatic N) is 1. The van der Waals surface area contributed by atoms with Gasteiger partial charge in [-0.25, -0.2) is 0 Å². The van der Waals surface area contributed by atoms with Crippen LogP contribution in [0.4, 0.5) is 0 Å². The van der Waals surface area contributed by atoms with Crippen LogP contribution < -0.4 is 5.32 Å². The lowest BCUT2D eigenvalue weighted by Gasteiger charge is -2.46. The van der Waals surface area contributed by atoms with Crippen LogP contribution in [0.1, 0.15) is 72.1 Å². The highest BCUT2D eigenvalue weighted by Crippen LogP contribution is 2.36. The predicted octanol–water partition coefficient (Wildman–Crippen LogP) is 2.86. The van der Waals surface area contributed by atoms with Crippen molar-refractivity contribution < 1.29 is 9.59 Å². The maximum Gasteiger partial charge on any atom is 0.249 e. The minimum Gasteiger partial charge on any atom is -0.340 e.